The van der Waals surface area contributed by atoms with Crippen molar-refractivity contribution in [3.05, 3.63) is 223 Å². The molecule has 5 heterocycles. The van der Waals surface area contributed by atoms with E-state index in [1.165, 1.54) is 93.3 Å². The van der Waals surface area contributed by atoms with Crippen molar-refractivity contribution in [2.24, 2.45) is 0 Å². The summed E-state index contributed by atoms with van der Waals surface area (Å²) in [5.41, 5.74) is 18.4. The van der Waals surface area contributed by atoms with Gasteiger partial charge in [0.1, 0.15) is 0 Å². The fraction of sp³-hybridized carbons (Fsp3) is 0.167. The second-order valence-electron chi connectivity index (χ2n) is 24.4. The monoisotopic (exact) mass is 1210 g/mol. The number of nitrogens with zero attached hydrogens (tertiary/aromatic N) is 4. The zero-order chi connectivity index (χ0) is 54.3. The van der Waals surface area contributed by atoms with Crippen LogP contribution in [0, 0.1) is 12.1 Å². The fourth-order valence-electron chi connectivity index (χ4n) is 12.1. The number of hydrogen-bond acceptors (Lipinski definition) is 3. The molecule has 0 saturated heterocycles. The second kappa shape index (κ2) is 17.9. The van der Waals surface area contributed by atoms with Gasteiger partial charge in [0.2, 0.25) is 0 Å². The Morgan fingerprint density at radius 1 is 0.481 bits per heavy atom. The molecule has 0 radical (unpaired) electrons. The molecular formula is C72H60N5OPt-. The zero-order valence-electron chi connectivity index (χ0n) is 46.0. The van der Waals surface area contributed by atoms with Crippen LogP contribution in [0.5, 0.6) is 11.5 Å². The summed E-state index contributed by atoms with van der Waals surface area (Å²) >= 11 is 2.56. The minimum absolute atomic E-state index is 0.0436. The van der Waals surface area contributed by atoms with Gasteiger partial charge in [-0.25, -0.2) is 0 Å². The van der Waals surface area contributed by atoms with Gasteiger partial charge in [-0.2, -0.15) is 0 Å². The van der Waals surface area contributed by atoms with E-state index < -0.39 is 0 Å². The first-order valence-corrected chi connectivity index (χ1v) is 28.5. The van der Waals surface area contributed by atoms with Crippen LogP contribution >= 0.6 is 0 Å². The van der Waals surface area contributed by atoms with Crippen molar-refractivity contribution in [2.75, 3.05) is 4.90 Å². The number of ether oxygens (including phenoxy) is 1. The number of rotatable bonds is 7. The molecule has 390 valence electrons. The Kier molecular flexibility index (Phi) is 11.2. The van der Waals surface area contributed by atoms with Gasteiger partial charge in [0.25, 0.3) is 0 Å². The van der Waals surface area contributed by atoms with Gasteiger partial charge in [-0.1, -0.05) is 57.2 Å². The molecule has 14 rings (SSSR count). The molecule has 0 bridgehead atoms. The molecule has 4 aromatic heterocycles. The zero-order valence-corrected chi connectivity index (χ0v) is 48.3. The van der Waals surface area contributed by atoms with Crippen LogP contribution in [0.4, 0.5) is 22.7 Å². The van der Waals surface area contributed by atoms with Crippen LogP contribution in [0.2, 0.25) is 0 Å². The molecule has 1 N–H and O–H groups in total. The predicted molar refractivity (Wildman–Crippen MR) is 325 cm³/mol. The van der Waals surface area contributed by atoms with Crippen LogP contribution in [0.1, 0.15) is 79.0 Å². The molecule has 79 heavy (non-hydrogen) atoms. The summed E-state index contributed by atoms with van der Waals surface area (Å²) in [7, 11) is 0. The number of anilines is 2. The maximum atomic E-state index is 6.93. The number of fused-ring (bicyclic) bond motifs is 10. The van der Waals surface area contributed by atoms with E-state index in [4.69, 9.17) is 9.72 Å². The van der Waals surface area contributed by atoms with Crippen molar-refractivity contribution in [2.45, 2.75) is 78.6 Å². The number of pyridine rings is 1. The van der Waals surface area contributed by atoms with Crippen LogP contribution in [0.15, 0.2) is 194 Å². The van der Waals surface area contributed by atoms with Crippen molar-refractivity contribution in [3.8, 4) is 39.6 Å². The average Bonchev–Trinajstić information content (AvgIpc) is 4.32. The number of hydrogen-bond donors (Lipinski definition) is 1. The molecule has 7 heteroatoms. The van der Waals surface area contributed by atoms with Crippen LogP contribution in [-0.4, -0.2) is 18.1 Å². The Morgan fingerprint density at radius 2 is 1.11 bits per heavy atom. The minimum atomic E-state index is -0.0841. The molecule has 0 fully saturated rings. The van der Waals surface area contributed by atoms with E-state index in [2.05, 4.69) is 284 Å². The Bertz CT molecular complexity index is 4590. The first-order chi connectivity index (χ1) is 38.0. The first kappa shape index (κ1) is 49.2. The Balaban J connectivity index is 0.897. The molecule has 13 aromatic rings. The standard InChI is InChI=1S/C72H60N5O.Pt/c1-70(2,3)47-34-35-73-67(39-47)76-64-41-52(32-33-56(64)59-42-60-58-28-19-27-57-55-24-13-14-29-61(55)77(69(57)58)66(60)43-65(59)76)78-51-23-17-22-50(40-51)74-44-75(63-31-16-15-30-62(63)74)68-53(45-20-11-10-12-21-45)25-18-26-54(68)46-36-48(71(4,5)6)38-49(37-46)72(7,8)9;/h10-39,42-43,75H,1-9H3;/q-1;. The van der Waals surface area contributed by atoms with Crippen molar-refractivity contribution >= 4 is 86.8 Å². The number of nitrogens with one attached hydrogen (secondary N) is 1. The third kappa shape index (κ3) is 7.97. The van der Waals surface area contributed by atoms with E-state index >= 15 is 0 Å². The summed E-state index contributed by atoms with van der Waals surface area (Å²) in [5.74, 6) is 2.03. The van der Waals surface area contributed by atoms with E-state index in [-0.39, 0.29) is 16.2 Å². The van der Waals surface area contributed by atoms with Crippen LogP contribution in [0.25, 0.3) is 88.0 Å². The van der Waals surface area contributed by atoms with Crippen LogP contribution < -0.4 is 14.5 Å². The number of para-hydroxylation sites is 5. The molecule has 1 atom stereocenters. The van der Waals surface area contributed by atoms with Crippen molar-refractivity contribution < 1.29 is 29.0 Å². The number of aromatic nitrogens is 3. The Labute approximate surface area is 472 Å². The normalized spacial score (nSPS) is 14.3. The second-order valence-corrected chi connectivity index (χ2v) is 25.5. The summed E-state index contributed by atoms with van der Waals surface area (Å²) in [4.78, 5) is 8.61. The third-order valence-corrected chi connectivity index (χ3v) is 17.3. The molecule has 0 aliphatic carbocycles. The van der Waals surface area contributed by atoms with Crippen molar-refractivity contribution in [3.63, 3.8) is 0 Å². The Morgan fingerprint density at radius 3 is 1.87 bits per heavy atom. The number of quaternary nitrogens is 1. The quantitative estimate of drug-likeness (QED) is 0.162. The van der Waals surface area contributed by atoms with E-state index in [0.29, 0.717) is 11.5 Å². The van der Waals surface area contributed by atoms with Gasteiger partial charge in [-0.05, 0) is 23.1 Å². The van der Waals surface area contributed by atoms with Gasteiger partial charge in [-0.15, -0.1) is 0 Å². The average molecular weight is 1210 g/mol. The van der Waals surface area contributed by atoms with Crippen molar-refractivity contribution in [1.29, 1.82) is 0 Å². The molecule has 0 saturated carbocycles. The van der Waals surface area contributed by atoms with Gasteiger partial charge in [0.15, 0.2) is 0 Å². The molecule has 1 unspecified atom stereocenters. The summed E-state index contributed by atoms with van der Waals surface area (Å²) in [6.07, 6.45) is 1.94. The molecule has 1 aliphatic rings. The van der Waals surface area contributed by atoms with Gasteiger partial charge >= 0.3 is 347 Å². The SMILES string of the molecule is CC(C)(C)c1cc(-c2cccc(-c3ccccc3)c2[NH+]2[C](=[Pt])N(c3[c-]c(Oc4[c-]c5c(cc4)c4cc6c7cccc8c9ccccc9n(c6cc4n5-c4cc(C(C)(C)C)ccn4)c87)ccc3)c3ccccc32)cc(C(C)(C)C)c1. The van der Waals surface area contributed by atoms with E-state index in [0.717, 1.165) is 43.1 Å². The third-order valence-electron chi connectivity index (χ3n) is 16.2. The van der Waals surface area contributed by atoms with E-state index in [1.54, 1.807) is 0 Å². The number of benzene rings is 9. The summed E-state index contributed by atoms with van der Waals surface area (Å²) in [5, 5.41) is 7.22. The van der Waals surface area contributed by atoms with E-state index in [1.807, 2.05) is 18.3 Å². The van der Waals surface area contributed by atoms with Gasteiger partial charge in [0.05, 0.1) is 16.6 Å². The molecular weight excluding hydrogens is 1150 g/mol. The predicted octanol–water partition coefficient (Wildman–Crippen LogP) is 17.6. The molecule has 6 nitrogen and oxygen atoms in total. The molecule has 1 aliphatic heterocycles. The molecule has 0 spiro atoms. The van der Waals surface area contributed by atoms with Gasteiger partial charge in [0, 0.05) is 27.7 Å². The van der Waals surface area contributed by atoms with Gasteiger partial charge in [-0.3, -0.25) is 0 Å². The fourth-order valence-corrected chi connectivity index (χ4v) is 13.3. The molecule has 9 aromatic carbocycles. The summed E-state index contributed by atoms with van der Waals surface area (Å²) < 4.78 is 12.7. The summed E-state index contributed by atoms with van der Waals surface area (Å²) in [6.45, 7) is 20.6. The maximum absolute atomic E-state index is 6.93. The van der Waals surface area contributed by atoms with Gasteiger partial charge < -0.3 is 4.40 Å². The van der Waals surface area contributed by atoms with E-state index in [9.17, 15) is 0 Å². The summed E-state index contributed by atoms with van der Waals surface area (Å²) in [6, 6.07) is 76.2. The van der Waals surface area contributed by atoms with Crippen molar-refractivity contribution in [1.82, 2.24) is 14.0 Å². The topological polar surface area (TPSA) is 39.1 Å². The Hall–Kier alpha value is -8.15. The first-order valence-electron chi connectivity index (χ1n) is 27.4. The van der Waals surface area contributed by atoms with Crippen LogP contribution in [0.3, 0.4) is 0 Å². The molecule has 0 amide bonds. The van der Waals surface area contributed by atoms with Crippen LogP contribution in [-0.2, 0) is 35.6 Å².